The molecule has 7 N–H and O–H groups in total. The maximum absolute atomic E-state index is 10.5. The summed E-state index contributed by atoms with van der Waals surface area (Å²) in [5.41, 5.74) is 7.44. The Morgan fingerprint density at radius 1 is 1.33 bits per heavy atom. The lowest BCUT2D eigenvalue weighted by molar-refractivity contribution is 0.249. The molecule has 0 aliphatic heterocycles. The van der Waals surface area contributed by atoms with Crippen molar-refractivity contribution in [3.8, 4) is 0 Å². The highest BCUT2D eigenvalue weighted by Gasteiger charge is 2.07. The molecule has 0 aliphatic carbocycles. The number of nitrogens with two attached hydrogens (primary N) is 2. The minimum absolute atomic E-state index is 0.197. The molecular weight excluding hydrogens is 234 g/mol. The lowest BCUT2D eigenvalue weighted by atomic mass is 10.2. The summed E-state index contributed by atoms with van der Waals surface area (Å²) in [5.74, 6) is 7.42. The number of nitrogen functional groups attached to an aromatic ring is 1. The quantitative estimate of drug-likeness (QED) is 0.275. The van der Waals surface area contributed by atoms with Gasteiger partial charge in [0.15, 0.2) is 0 Å². The molecule has 1 heterocycles. The van der Waals surface area contributed by atoms with E-state index in [9.17, 15) is 4.79 Å². The van der Waals surface area contributed by atoms with Crippen molar-refractivity contribution >= 4 is 17.7 Å². The molecule has 8 nitrogen and oxygen atoms in total. The average molecular weight is 253 g/mol. The second-order valence-electron chi connectivity index (χ2n) is 4.01. The Balaban J connectivity index is 2.63. The molecule has 18 heavy (non-hydrogen) atoms. The van der Waals surface area contributed by atoms with Crippen LogP contribution in [0.3, 0.4) is 0 Å². The van der Waals surface area contributed by atoms with Gasteiger partial charge in [-0.05, 0) is 0 Å². The molecular formula is C10H19N7O. The minimum atomic E-state index is -0.549. The van der Waals surface area contributed by atoms with Crippen molar-refractivity contribution < 1.29 is 4.79 Å². The predicted molar refractivity (Wildman–Crippen MR) is 70.0 cm³/mol. The summed E-state index contributed by atoms with van der Waals surface area (Å²) in [6.07, 6.45) is 0. The number of nitrogens with one attached hydrogen (secondary N) is 3. The number of anilines is 2. The molecule has 0 fully saturated rings. The van der Waals surface area contributed by atoms with Gasteiger partial charge in [0.1, 0.15) is 17.5 Å². The maximum Gasteiger partial charge on any atom is 0.312 e. The van der Waals surface area contributed by atoms with Crippen LogP contribution in [0.1, 0.15) is 25.6 Å². The van der Waals surface area contributed by atoms with Crippen molar-refractivity contribution in [3.05, 3.63) is 11.9 Å². The maximum atomic E-state index is 10.5. The lowest BCUT2D eigenvalue weighted by Gasteiger charge is -2.11. The molecule has 0 radical (unpaired) electrons. The van der Waals surface area contributed by atoms with Crippen molar-refractivity contribution in [3.63, 3.8) is 0 Å². The van der Waals surface area contributed by atoms with E-state index in [0.29, 0.717) is 30.5 Å². The molecule has 0 unspecified atom stereocenters. The van der Waals surface area contributed by atoms with E-state index in [4.69, 9.17) is 11.6 Å². The molecule has 0 atom stereocenters. The molecule has 0 spiro atoms. The van der Waals surface area contributed by atoms with Crippen molar-refractivity contribution in [1.82, 2.24) is 15.3 Å². The molecule has 1 rings (SSSR count). The fourth-order valence-electron chi connectivity index (χ4n) is 1.26. The van der Waals surface area contributed by atoms with Gasteiger partial charge in [0.2, 0.25) is 0 Å². The summed E-state index contributed by atoms with van der Waals surface area (Å²) in [4.78, 5) is 19.1. The molecule has 0 saturated carbocycles. The smallest absolute Gasteiger partial charge is 0.312 e. The Labute approximate surface area is 106 Å². The molecule has 8 heteroatoms. The first-order valence-corrected chi connectivity index (χ1v) is 5.65. The Bertz CT molecular complexity index is 407. The van der Waals surface area contributed by atoms with Crippen LogP contribution in [0.2, 0.25) is 0 Å². The lowest BCUT2D eigenvalue weighted by Crippen LogP contribution is -2.33. The van der Waals surface area contributed by atoms with Crippen molar-refractivity contribution in [1.29, 1.82) is 0 Å². The van der Waals surface area contributed by atoms with Gasteiger partial charge in [-0.3, -0.25) is 0 Å². The van der Waals surface area contributed by atoms with Gasteiger partial charge < -0.3 is 21.8 Å². The SMILES string of the molecule is CC(C)c1nc(NN)cc(NCCNC(N)=O)n1. The van der Waals surface area contributed by atoms with Crippen molar-refractivity contribution in [2.24, 2.45) is 11.6 Å². The molecule has 0 aliphatic rings. The largest absolute Gasteiger partial charge is 0.368 e. The van der Waals surface area contributed by atoms with E-state index in [1.165, 1.54) is 0 Å². The zero-order chi connectivity index (χ0) is 13.5. The zero-order valence-electron chi connectivity index (χ0n) is 10.5. The number of nitrogens with zero attached hydrogens (tertiary/aromatic N) is 2. The van der Waals surface area contributed by atoms with E-state index in [1.54, 1.807) is 6.07 Å². The van der Waals surface area contributed by atoms with Crippen LogP contribution in [0, 0.1) is 0 Å². The van der Waals surface area contributed by atoms with Crippen LogP contribution >= 0.6 is 0 Å². The van der Waals surface area contributed by atoms with Gasteiger partial charge in [0, 0.05) is 25.1 Å². The van der Waals surface area contributed by atoms with Gasteiger partial charge in [-0.15, -0.1) is 0 Å². The van der Waals surface area contributed by atoms with Crippen molar-refractivity contribution in [2.75, 3.05) is 23.8 Å². The Morgan fingerprint density at radius 2 is 2.00 bits per heavy atom. The summed E-state index contributed by atoms with van der Waals surface area (Å²) in [6.45, 7) is 4.92. The molecule has 2 amide bonds. The number of carbonyl (C=O) groups is 1. The summed E-state index contributed by atoms with van der Waals surface area (Å²) >= 11 is 0. The normalized spacial score (nSPS) is 10.2. The Morgan fingerprint density at radius 3 is 2.56 bits per heavy atom. The highest BCUT2D eigenvalue weighted by atomic mass is 16.2. The number of primary amides is 1. The fraction of sp³-hybridized carbons (Fsp3) is 0.500. The third-order valence-corrected chi connectivity index (χ3v) is 2.14. The number of urea groups is 1. The minimum Gasteiger partial charge on any atom is -0.368 e. The van der Waals surface area contributed by atoms with E-state index < -0.39 is 6.03 Å². The monoisotopic (exact) mass is 253 g/mol. The highest BCUT2D eigenvalue weighted by Crippen LogP contribution is 2.15. The summed E-state index contributed by atoms with van der Waals surface area (Å²) < 4.78 is 0. The molecule has 0 aromatic carbocycles. The van der Waals surface area contributed by atoms with Gasteiger partial charge in [-0.2, -0.15) is 0 Å². The second kappa shape index (κ2) is 6.60. The first kappa shape index (κ1) is 14.0. The Hall–Kier alpha value is -2.09. The molecule has 1 aromatic rings. The van der Waals surface area contributed by atoms with Crippen LogP contribution < -0.4 is 27.6 Å². The van der Waals surface area contributed by atoms with E-state index in [-0.39, 0.29) is 5.92 Å². The number of amides is 2. The van der Waals surface area contributed by atoms with Gasteiger partial charge in [-0.1, -0.05) is 13.8 Å². The van der Waals surface area contributed by atoms with E-state index >= 15 is 0 Å². The number of hydrazine groups is 1. The van der Waals surface area contributed by atoms with Crippen LogP contribution in [0.4, 0.5) is 16.4 Å². The van der Waals surface area contributed by atoms with Gasteiger partial charge in [0.25, 0.3) is 0 Å². The Kier molecular flexibility index (Phi) is 5.12. The summed E-state index contributed by atoms with van der Waals surface area (Å²) in [5, 5.41) is 5.53. The molecule has 0 saturated heterocycles. The number of hydrogen-bond acceptors (Lipinski definition) is 6. The summed E-state index contributed by atoms with van der Waals surface area (Å²) in [6, 6.07) is 1.14. The van der Waals surface area contributed by atoms with Crippen LogP contribution in [0.25, 0.3) is 0 Å². The molecule has 0 bridgehead atoms. The number of rotatable bonds is 6. The van der Waals surface area contributed by atoms with E-state index in [2.05, 4.69) is 26.0 Å². The van der Waals surface area contributed by atoms with Gasteiger partial charge in [0.05, 0.1) is 0 Å². The number of aromatic nitrogens is 2. The van der Waals surface area contributed by atoms with E-state index in [1.807, 2.05) is 13.8 Å². The predicted octanol–water partition coefficient (Wildman–Crippen LogP) is -0.0342. The molecule has 100 valence electrons. The third-order valence-electron chi connectivity index (χ3n) is 2.14. The van der Waals surface area contributed by atoms with Crippen LogP contribution in [-0.4, -0.2) is 29.1 Å². The van der Waals surface area contributed by atoms with Gasteiger partial charge >= 0.3 is 6.03 Å². The van der Waals surface area contributed by atoms with Gasteiger partial charge in [-0.25, -0.2) is 20.6 Å². The fourth-order valence-corrected chi connectivity index (χ4v) is 1.26. The van der Waals surface area contributed by atoms with Crippen LogP contribution in [0.5, 0.6) is 0 Å². The first-order valence-electron chi connectivity index (χ1n) is 5.65. The zero-order valence-corrected chi connectivity index (χ0v) is 10.5. The summed E-state index contributed by atoms with van der Waals surface area (Å²) in [7, 11) is 0. The highest BCUT2D eigenvalue weighted by molar-refractivity contribution is 5.71. The number of carbonyl (C=O) groups excluding carboxylic acids is 1. The second-order valence-corrected chi connectivity index (χ2v) is 4.01. The first-order chi connectivity index (χ1) is 8.52. The average Bonchev–Trinajstić information content (AvgIpc) is 2.34. The standard InChI is InChI=1S/C10H19N7O/c1-6(2)9-15-7(5-8(16-9)17-12)13-3-4-14-10(11)18/h5-6H,3-4,12H2,1-2H3,(H3,11,14,18)(H2,13,15,16,17). The molecule has 1 aromatic heterocycles. The van der Waals surface area contributed by atoms with Crippen LogP contribution in [-0.2, 0) is 0 Å². The topological polar surface area (TPSA) is 131 Å². The number of hydrogen-bond donors (Lipinski definition) is 5. The third kappa shape index (κ3) is 4.42. The van der Waals surface area contributed by atoms with Crippen molar-refractivity contribution in [2.45, 2.75) is 19.8 Å². The van der Waals surface area contributed by atoms with Crippen LogP contribution in [0.15, 0.2) is 6.07 Å². The van der Waals surface area contributed by atoms with E-state index in [0.717, 1.165) is 0 Å².